The highest BCUT2D eigenvalue weighted by Crippen LogP contribution is 2.37. The van der Waals surface area contributed by atoms with Gasteiger partial charge in [0.25, 0.3) is 0 Å². The molecule has 14 heavy (non-hydrogen) atoms. The summed E-state index contributed by atoms with van der Waals surface area (Å²) in [4.78, 5) is 11.2. The molecule has 1 aliphatic heterocycles. The molecule has 0 N–H and O–H groups in total. The number of hydrogen-bond donors (Lipinski definition) is 0. The van der Waals surface area contributed by atoms with Crippen LogP contribution in [0.3, 0.4) is 0 Å². The van der Waals surface area contributed by atoms with Gasteiger partial charge in [0.2, 0.25) is 0 Å². The van der Waals surface area contributed by atoms with Gasteiger partial charge in [-0.1, -0.05) is 12.1 Å². The highest BCUT2D eigenvalue weighted by Gasteiger charge is 2.41. The van der Waals surface area contributed by atoms with Crippen LogP contribution < -0.4 is 0 Å². The molecule has 1 aromatic rings. The Morgan fingerprint density at radius 2 is 2.29 bits per heavy atom. The SMILES string of the molecule is COC(=O)c1cccc(C2(C)CO2)c1. The second-order valence-corrected chi connectivity index (χ2v) is 3.59. The third-order valence-electron chi connectivity index (χ3n) is 2.47. The summed E-state index contributed by atoms with van der Waals surface area (Å²) in [6.45, 7) is 2.72. The van der Waals surface area contributed by atoms with E-state index in [1.165, 1.54) is 7.11 Å². The molecule has 2 rings (SSSR count). The smallest absolute Gasteiger partial charge is 0.337 e. The molecule has 1 unspecified atom stereocenters. The lowest BCUT2D eigenvalue weighted by Crippen LogP contribution is -2.06. The maximum Gasteiger partial charge on any atom is 0.337 e. The van der Waals surface area contributed by atoms with Crippen molar-refractivity contribution in [1.29, 1.82) is 0 Å². The van der Waals surface area contributed by atoms with Crippen molar-refractivity contribution in [1.82, 2.24) is 0 Å². The van der Waals surface area contributed by atoms with E-state index in [1.54, 1.807) is 6.07 Å². The lowest BCUT2D eigenvalue weighted by Gasteiger charge is -2.06. The normalized spacial score (nSPS) is 24.4. The first-order chi connectivity index (χ1) is 6.65. The molecular formula is C11H12O3. The molecule has 0 saturated carbocycles. The Kier molecular flexibility index (Phi) is 2.04. The van der Waals surface area contributed by atoms with Gasteiger partial charge in [-0.3, -0.25) is 0 Å². The van der Waals surface area contributed by atoms with Gasteiger partial charge in [0.05, 0.1) is 19.3 Å². The van der Waals surface area contributed by atoms with Crippen LogP contribution in [0.5, 0.6) is 0 Å². The number of carbonyl (C=O) groups is 1. The Morgan fingerprint density at radius 3 is 2.86 bits per heavy atom. The molecular weight excluding hydrogens is 180 g/mol. The van der Waals surface area contributed by atoms with Crippen molar-refractivity contribution in [2.75, 3.05) is 13.7 Å². The largest absolute Gasteiger partial charge is 0.465 e. The lowest BCUT2D eigenvalue weighted by atomic mass is 10.00. The molecule has 1 saturated heterocycles. The van der Waals surface area contributed by atoms with Gasteiger partial charge >= 0.3 is 5.97 Å². The van der Waals surface area contributed by atoms with Crippen molar-refractivity contribution in [3.05, 3.63) is 35.4 Å². The topological polar surface area (TPSA) is 38.8 Å². The van der Waals surface area contributed by atoms with Crippen molar-refractivity contribution in [2.45, 2.75) is 12.5 Å². The van der Waals surface area contributed by atoms with Gasteiger partial charge in [0, 0.05) is 0 Å². The summed E-state index contributed by atoms with van der Waals surface area (Å²) in [5.41, 5.74) is 1.41. The number of esters is 1. The minimum atomic E-state index is -0.309. The molecule has 0 bridgehead atoms. The third kappa shape index (κ3) is 1.51. The Labute approximate surface area is 82.6 Å². The van der Waals surface area contributed by atoms with Gasteiger partial charge in [-0.25, -0.2) is 4.79 Å². The Hall–Kier alpha value is -1.35. The summed E-state index contributed by atoms with van der Waals surface area (Å²) in [7, 11) is 1.38. The van der Waals surface area contributed by atoms with Gasteiger partial charge in [-0.05, 0) is 24.6 Å². The highest BCUT2D eigenvalue weighted by molar-refractivity contribution is 5.89. The number of epoxide rings is 1. The number of ether oxygens (including phenoxy) is 2. The van der Waals surface area contributed by atoms with Crippen LogP contribution in [0, 0.1) is 0 Å². The number of methoxy groups -OCH3 is 1. The molecule has 1 fully saturated rings. The molecule has 0 aliphatic carbocycles. The van der Waals surface area contributed by atoms with E-state index in [0.29, 0.717) is 5.56 Å². The lowest BCUT2D eigenvalue weighted by molar-refractivity contribution is 0.0600. The van der Waals surface area contributed by atoms with Gasteiger partial charge in [-0.2, -0.15) is 0 Å². The maximum atomic E-state index is 11.2. The molecule has 0 aromatic heterocycles. The zero-order valence-electron chi connectivity index (χ0n) is 8.24. The number of benzene rings is 1. The molecule has 1 aliphatic rings. The third-order valence-corrected chi connectivity index (χ3v) is 2.47. The Morgan fingerprint density at radius 1 is 1.57 bits per heavy atom. The van der Waals surface area contributed by atoms with Gasteiger partial charge in [0.15, 0.2) is 0 Å². The standard InChI is InChI=1S/C11H12O3/c1-11(7-14-11)9-5-3-4-8(6-9)10(12)13-2/h3-6H,7H2,1-2H3. The van der Waals surface area contributed by atoms with Crippen molar-refractivity contribution >= 4 is 5.97 Å². The van der Waals surface area contributed by atoms with Crippen LogP contribution in [0.1, 0.15) is 22.8 Å². The van der Waals surface area contributed by atoms with E-state index in [0.717, 1.165) is 12.2 Å². The van der Waals surface area contributed by atoms with E-state index in [2.05, 4.69) is 4.74 Å². The van der Waals surface area contributed by atoms with E-state index >= 15 is 0 Å². The zero-order valence-corrected chi connectivity index (χ0v) is 8.24. The summed E-state index contributed by atoms with van der Waals surface area (Å²) in [6.07, 6.45) is 0. The number of rotatable bonds is 2. The van der Waals surface area contributed by atoms with Crippen LogP contribution in [0.25, 0.3) is 0 Å². The van der Waals surface area contributed by atoms with Crippen LogP contribution >= 0.6 is 0 Å². The molecule has 0 spiro atoms. The molecule has 3 heteroatoms. The predicted molar refractivity (Wildman–Crippen MR) is 51.1 cm³/mol. The van der Waals surface area contributed by atoms with Crippen LogP contribution in [-0.4, -0.2) is 19.7 Å². The average molecular weight is 192 g/mol. The zero-order chi connectivity index (χ0) is 10.2. The van der Waals surface area contributed by atoms with Crippen LogP contribution in [-0.2, 0) is 15.1 Å². The van der Waals surface area contributed by atoms with Crippen LogP contribution in [0.4, 0.5) is 0 Å². The van der Waals surface area contributed by atoms with Gasteiger partial charge < -0.3 is 9.47 Å². The second-order valence-electron chi connectivity index (χ2n) is 3.59. The minimum absolute atomic E-state index is 0.190. The molecule has 1 heterocycles. The van der Waals surface area contributed by atoms with E-state index in [-0.39, 0.29) is 11.6 Å². The summed E-state index contributed by atoms with van der Waals surface area (Å²) >= 11 is 0. The molecule has 0 amide bonds. The summed E-state index contributed by atoms with van der Waals surface area (Å²) in [5, 5.41) is 0. The predicted octanol–water partition coefficient (Wildman–Crippen LogP) is 1.72. The first-order valence-electron chi connectivity index (χ1n) is 4.48. The Balaban J connectivity index is 2.32. The maximum absolute atomic E-state index is 11.2. The minimum Gasteiger partial charge on any atom is -0.465 e. The molecule has 3 nitrogen and oxygen atoms in total. The highest BCUT2D eigenvalue weighted by atomic mass is 16.6. The van der Waals surface area contributed by atoms with Crippen molar-refractivity contribution in [3.63, 3.8) is 0 Å². The average Bonchev–Trinajstić information content (AvgIpc) is 2.97. The fourth-order valence-electron chi connectivity index (χ4n) is 1.37. The summed E-state index contributed by atoms with van der Waals surface area (Å²) in [6, 6.07) is 7.36. The van der Waals surface area contributed by atoms with Crippen LogP contribution in [0.2, 0.25) is 0 Å². The summed E-state index contributed by atoms with van der Waals surface area (Å²) in [5.74, 6) is -0.309. The molecule has 1 aromatic carbocycles. The van der Waals surface area contributed by atoms with E-state index < -0.39 is 0 Å². The molecule has 0 radical (unpaired) electrons. The summed E-state index contributed by atoms with van der Waals surface area (Å²) < 4.78 is 9.94. The monoisotopic (exact) mass is 192 g/mol. The van der Waals surface area contributed by atoms with Crippen molar-refractivity contribution in [2.24, 2.45) is 0 Å². The van der Waals surface area contributed by atoms with E-state index in [1.807, 2.05) is 25.1 Å². The van der Waals surface area contributed by atoms with E-state index in [9.17, 15) is 4.79 Å². The number of hydrogen-bond acceptors (Lipinski definition) is 3. The van der Waals surface area contributed by atoms with Gasteiger partial charge in [-0.15, -0.1) is 0 Å². The Bertz CT molecular complexity index is 367. The first kappa shape index (κ1) is 9.21. The van der Waals surface area contributed by atoms with Crippen molar-refractivity contribution in [3.8, 4) is 0 Å². The fourth-order valence-corrected chi connectivity index (χ4v) is 1.37. The first-order valence-corrected chi connectivity index (χ1v) is 4.48. The quantitative estimate of drug-likeness (QED) is 0.529. The fraction of sp³-hybridized carbons (Fsp3) is 0.364. The second kappa shape index (κ2) is 3.10. The number of carbonyl (C=O) groups excluding carboxylic acids is 1. The molecule has 1 atom stereocenters. The van der Waals surface area contributed by atoms with E-state index in [4.69, 9.17) is 4.74 Å². The van der Waals surface area contributed by atoms with Crippen molar-refractivity contribution < 1.29 is 14.3 Å². The van der Waals surface area contributed by atoms with Crippen LogP contribution in [0.15, 0.2) is 24.3 Å². The molecule has 74 valence electrons. The van der Waals surface area contributed by atoms with Gasteiger partial charge in [0.1, 0.15) is 5.60 Å².